The van der Waals surface area contributed by atoms with Gasteiger partial charge in [-0.25, -0.2) is 0 Å². The summed E-state index contributed by atoms with van der Waals surface area (Å²) in [6, 6.07) is 13.3. The van der Waals surface area contributed by atoms with E-state index in [0.717, 1.165) is 59.5 Å². The number of fused-ring (bicyclic) bond motifs is 2. The van der Waals surface area contributed by atoms with E-state index in [-0.39, 0.29) is 0 Å². The number of aryl methyl sites for hydroxylation is 1. The van der Waals surface area contributed by atoms with E-state index >= 15 is 0 Å². The van der Waals surface area contributed by atoms with Crippen LogP contribution in [-0.4, -0.2) is 32.4 Å². The molecule has 0 saturated carbocycles. The van der Waals surface area contributed by atoms with Gasteiger partial charge >= 0.3 is 6.18 Å². The van der Waals surface area contributed by atoms with Crippen molar-refractivity contribution in [3.8, 4) is 28.5 Å². The SMILES string of the molecule is Cn1ncc2cc(-c3ncc4c(ccn4CC4CCNC4)c3-c3ccc(C#N)c(C(F)(F)F)c3)ccc21. The van der Waals surface area contributed by atoms with Crippen LogP contribution in [0.5, 0.6) is 0 Å². The minimum atomic E-state index is -4.65. The largest absolute Gasteiger partial charge is 0.417 e. The van der Waals surface area contributed by atoms with Crippen LogP contribution >= 0.6 is 0 Å². The molecule has 6 nitrogen and oxygen atoms in total. The zero-order chi connectivity index (χ0) is 25.7. The van der Waals surface area contributed by atoms with E-state index in [4.69, 9.17) is 4.98 Å². The van der Waals surface area contributed by atoms with Gasteiger partial charge in [-0.05, 0) is 61.3 Å². The Hall–Kier alpha value is -4.16. The van der Waals surface area contributed by atoms with Crippen LogP contribution in [0.15, 0.2) is 61.1 Å². The summed E-state index contributed by atoms with van der Waals surface area (Å²) in [7, 11) is 1.86. The van der Waals surface area contributed by atoms with Crippen molar-refractivity contribution in [2.24, 2.45) is 13.0 Å². The van der Waals surface area contributed by atoms with Crippen molar-refractivity contribution in [2.45, 2.75) is 19.1 Å². The average molecular weight is 501 g/mol. The van der Waals surface area contributed by atoms with Gasteiger partial charge in [0.2, 0.25) is 0 Å². The van der Waals surface area contributed by atoms with Gasteiger partial charge in [-0.1, -0.05) is 12.1 Å². The lowest BCUT2D eigenvalue weighted by molar-refractivity contribution is -0.137. The molecule has 5 aromatic rings. The summed E-state index contributed by atoms with van der Waals surface area (Å²) < 4.78 is 45.6. The molecule has 0 bridgehead atoms. The van der Waals surface area contributed by atoms with Crippen molar-refractivity contribution in [1.29, 1.82) is 5.26 Å². The van der Waals surface area contributed by atoms with Gasteiger partial charge in [0.05, 0.1) is 46.3 Å². The van der Waals surface area contributed by atoms with E-state index in [1.807, 2.05) is 37.5 Å². The van der Waals surface area contributed by atoms with E-state index in [2.05, 4.69) is 15.0 Å². The number of pyridine rings is 1. The third-order valence-electron chi connectivity index (χ3n) is 7.20. The smallest absolute Gasteiger partial charge is 0.346 e. The summed E-state index contributed by atoms with van der Waals surface area (Å²) >= 11 is 0. The van der Waals surface area contributed by atoms with Gasteiger partial charge in [-0.15, -0.1) is 0 Å². The number of hydrogen-bond acceptors (Lipinski definition) is 4. The lowest BCUT2D eigenvalue weighted by Crippen LogP contribution is -2.14. The molecule has 0 spiro atoms. The molecule has 1 unspecified atom stereocenters. The van der Waals surface area contributed by atoms with E-state index in [1.165, 1.54) is 6.07 Å². The molecular formula is C28H23F3N6. The van der Waals surface area contributed by atoms with Gasteiger partial charge in [0, 0.05) is 41.7 Å². The summed E-state index contributed by atoms with van der Waals surface area (Å²) in [5, 5.41) is 18.7. The molecule has 6 rings (SSSR count). The number of alkyl halides is 3. The summed E-state index contributed by atoms with van der Waals surface area (Å²) in [6.45, 7) is 2.73. The molecule has 1 aliphatic rings. The third-order valence-corrected chi connectivity index (χ3v) is 7.20. The predicted molar refractivity (Wildman–Crippen MR) is 136 cm³/mol. The Labute approximate surface area is 211 Å². The number of nitrogens with zero attached hydrogens (tertiary/aromatic N) is 5. The molecule has 186 valence electrons. The van der Waals surface area contributed by atoms with Crippen molar-refractivity contribution >= 4 is 21.8 Å². The maximum atomic E-state index is 13.9. The maximum absolute atomic E-state index is 13.9. The van der Waals surface area contributed by atoms with Crippen molar-refractivity contribution in [3.05, 3.63) is 72.2 Å². The second-order valence-electron chi connectivity index (χ2n) is 9.52. The van der Waals surface area contributed by atoms with Crippen LogP contribution in [0.25, 0.3) is 44.2 Å². The highest BCUT2D eigenvalue weighted by Crippen LogP contribution is 2.41. The normalized spacial score (nSPS) is 16.0. The van der Waals surface area contributed by atoms with Crippen LogP contribution in [0, 0.1) is 17.2 Å². The van der Waals surface area contributed by atoms with Crippen LogP contribution < -0.4 is 5.32 Å². The zero-order valence-corrected chi connectivity index (χ0v) is 20.0. The van der Waals surface area contributed by atoms with Gasteiger partial charge in [0.25, 0.3) is 0 Å². The number of benzene rings is 2. The molecule has 1 atom stereocenters. The van der Waals surface area contributed by atoms with Crippen molar-refractivity contribution in [2.75, 3.05) is 13.1 Å². The number of rotatable bonds is 4. The molecule has 1 N–H and O–H groups in total. The molecule has 1 saturated heterocycles. The second-order valence-corrected chi connectivity index (χ2v) is 9.52. The number of nitrogens with one attached hydrogen (secondary N) is 1. The molecule has 0 amide bonds. The van der Waals surface area contributed by atoms with E-state index in [9.17, 15) is 18.4 Å². The third kappa shape index (κ3) is 4.03. The maximum Gasteiger partial charge on any atom is 0.417 e. The van der Waals surface area contributed by atoms with Crippen LogP contribution in [0.2, 0.25) is 0 Å². The Morgan fingerprint density at radius 1 is 1.08 bits per heavy atom. The summed E-state index contributed by atoms with van der Waals surface area (Å²) in [6.07, 6.45) is 1.97. The zero-order valence-electron chi connectivity index (χ0n) is 20.0. The number of aromatic nitrogens is 4. The first kappa shape index (κ1) is 23.3. The van der Waals surface area contributed by atoms with Gasteiger partial charge in [-0.3, -0.25) is 9.67 Å². The lowest BCUT2D eigenvalue weighted by Gasteiger charge is -2.16. The molecule has 3 aromatic heterocycles. The highest BCUT2D eigenvalue weighted by molar-refractivity contribution is 6.02. The highest BCUT2D eigenvalue weighted by atomic mass is 19.4. The van der Waals surface area contributed by atoms with E-state index in [0.29, 0.717) is 22.7 Å². The van der Waals surface area contributed by atoms with Gasteiger partial charge in [0.15, 0.2) is 0 Å². The minimum absolute atomic E-state index is 0.367. The number of halogens is 3. The van der Waals surface area contributed by atoms with Crippen molar-refractivity contribution in [3.63, 3.8) is 0 Å². The first-order valence-corrected chi connectivity index (χ1v) is 12.1. The highest BCUT2D eigenvalue weighted by Gasteiger charge is 2.34. The van der Waals surface area contributed by atoms with Crippen molar-refractivity contribution in [1.82, 2.24) is 24.6 Å². The van der Waals surface area contributed by atoms with E-state index in [1.54, 1.807) is 29.2 Å². The number of nitriles is 1. The van der Waals surface area contributed by atoms with Crippen LogP contribution in [0.4, 0.5) is 13.2 Å². The van der Waals surface area contributed by atoms with E-state index < -0.39 is 17.3 Å². The fourth-order valence-corrected chi connectivity index (χ4v) is 5.32. The molecule has 1 fully saturated rings. The molecule has 2 aromatic carbocycles. The first-order chi connectivity index (χ1) is 17.8. The second kappa shape index (κ2) is 8.75. The van der Waals surface area contributed by atoms with Crippen LogP contribution in [0.3, 0.4) is 0 Å². The van der Waals surface area contributed by atoms with Crippen LogP contribution in [0.1, 0.15) is 17.5 Å². The standard InChI is InChI=1S/C28H23F3N6/c1-36-24-5-4-19(10-21(24)14-35-36)27-26(18-2-3-20(12-32)23(11-18)28(29,30)31)22-7-9-37(25(22)15-34-27)16-17-6-8-33-13-17/h2-5,7,9-11,14-15,17,33H,6,8,13,16H2,1H3. The van der Waals surface area contributed by atoms with Gasteiger partial charge in [0.1, 0.15) is 0 Å². The van der Waals surface area contributed by atoms with Crippen molar-refractivity contribution < 1.29 is 13.2 Å². The Morgan fingerprint density at radius 3 is 2.68 bits per heavy atom. The first-order valence-electron chi connectivity index (χ1n) is 12.1. The summed E-state index contributed by atoms with van der Waals surface area (Å²) in [4.78, 5) is 4.80. The quantitative estimate of drug-likeness (QED) is 0.341. The molecule has 37 heavy (non-hydrogen) atoms. The monoisotopic (exact) mass is 500 g/mol. The fourth-order valence-electron chi connectivity index (χ4n) is 5.32. The summed E-state index contributed by atoms with van der Waals surface area (Å²) in [5.74, 6) is 0.485. The Morgan fingerprint density at radius 2 is 1.92 bits per heavy atom. The molecular weight excluding hydrogens is 477 g/mol. The van der Waals surface area contributed by atoms with Gasteiger partial charge < -0.3 is 9.88 Å². The fraction of sp³-hybridized carbons (Fsp3) is 0.250. The Balaban J connectivity index is 1.59. The Bertz CT molecular complexity index is 1680. The Kier molecular flexibility index (Phi) is 5.50. The molecule has 9 heteroatoms. The predicted octanol–water partition coefficient (Wildman–Crippen LogP) is 5.76. The lowest BCUT2D eigenvalue weighted by atomic mass is 9.93. The molecule has 0 aliphatic carbocycles. The minimum Gasteiger partial charge on any atom is -0.346 e. The average Bonchev–Trinajstić information content (AvgIpc) is 3.64. The number of hydrogen-bond donors (Lipinski definition) is 1. The molecule has 0 radical (unpaired) electrons. The molecule has 4 heterocycles. The van der Waals surface area contributed by atoms with Crippen LogP contribution in [-0.2, 0) is 19.8 Å². The topological polar surface area (TPSA) is 71.5 Å². The van der Waals surface area contributed by atoms with Gasteiger partial charge in [-0.2, -0.15) is 23.5 Å². The summed E-state index contributed by atoms with van der Waals surface area (Å²) in [5.41, 5.74) is 2.80. The molecule has 1 aliphatic heterocycles.